The first-order chi connectivity index (χ1) is 50.6. The highest BCUT2D eigenvalue weighted by Crippen LogP contribution is 2.35. The zero-order chi connectivity index (χ0) is 70.7. The molecule has 0 saturated heterocycles. The molecule has 0 spiro atoms. The molecule has 0 radical (unpaired) electrons. The summed E-state index contributed by atoms with van der Waals surface area (Å²) in [5, 5.41) is 42.6. The normalized spacial score (nSPS) is 15.7. The fraction of sp³-hybridized carbons (Fsp3) is 0.282. The van der Waals surface area contributed by atoms with Crippen molar-refractivity contribution in [3.8, 4) is 56.5 Å². The summed E-state index contributed by atoms with van der Waals surface area (Å²) in [6.45, 7) is 6.80. The summed E-state index contributed by atoms with van der Waals surface area (Å²) in [5.74, 6) is 5.04. The zero-order valence-corrected chi connectivity index (χ0v) is 58.2. The summed E-state index contributed by atoms with van der Waals surface area (Å²) < 4.78 is 5.71. The number of rotatable bonds is 21. The number of benzene rings is 2. The third-order valence-corrected chi connectivity index (χ3v) is 18.8. The maximum Gasteiger partial charge on any atom is 0.227 e. The van der Waals surface area contributed by atoms with Crippen LogP contribution in [0.5, 0.6) is 11.5 Å². The fourth-order valence-electron chi connectivity index (χ4n) is 13.2. The summed E-state index contributed by atoms with van der Waals surface area (Å²) in [5.41, 5.74) is 14.7. The Morgan fingerprint density at radius 1 is 0.417 bits per heavy atom. The van der Waals surface area contributed by atoms with Gasteiger partial charge in [0.05, 0.1) is 22.8 Å². The minimum absolute atomic E-state index is 0.235. The average Bonchev–Trinajstić information content (AvgIpc) is 1.69. The molecule has 0 atom stereocenters. The quantitative estimate of drug-likeness (QED) is 0.0235. The Hall–Kier alpha value is -11.8. The molecule has 16 rings (SSSR count). The smallest absolute Gasteiger partial charge is 0.227 e. The molecular weight excluding hydrogens is 1290 g/mol. The molecule has 12 heterocycles. The van der Waals surface area contributed by atoms with Crippen LogP contribution in [0, 0.1) is 25.7 Å². The Kier molecular flexibility index (Phi) is 23.0. The van der Waals surface area contributed by atoms with E-state index in [1.807, 2.05) is 144 Å². The Labute approximate surface area is 596 Å². The van der Waals surface area contributed by atoms with Crippen molar-refractivity contribution in [1.82, 2.24) is 90.4 Å². The van der Waals surface area contributed by atoms with E-state index in [4.69, 9.17) is 19.8 Å². The highest BCUT2D eigenvalue weighted by molar-refractivity contribution is 5.95. The van der Waals surface area contributed by atoms with Gasteiger partial charge in [-0.2, -0.15) is 0 Å². The standard InChI is InChI=1S/C21H22N6O.C20H26N6.C19H23N5O.C18H15N5O/c1-14-12-15(28-11-10-22-2)5-6-18(14)26-21-24-9-7-19(27-21)17-13-25-20-16(17)4-3-8-23-20;1-21-11-8-14-4-6-15(7-5-14)25-20-23-12-9-18(26-20)17-13-24-19-16(17)3-2-10-22-19;25-11-8-13-3-5-14(6-4-13)23-19-21-10-7-17(24-19)16-12-22-18-15(16)2-1-9-20-18;1-11-9-12(24)4-5-15(11)22-18-20-8-6-16(23-18)14-10-21-17-13(14)3-2-7-19-17/h3-9,12-13,22H,10-11H2,1-2H3,(H,23,25)(H,24,26,27);2-3,9-10,12-15,21H,4-8,11H2,1H3,(H,22,24)(H,23,25,26);1-2,7,9-10,12-14,25H,3-6,8,11H2,(H,20,22)(H,21,23,24);2-10,24H,1H3,(H,19,21)(H,20,22,23). The number of aliphatic hydroxyl groups excluding tert-OH is 1. The largest absolute Gasteiger partial charge is 0.508 e. The molecule has 12 N–H and O–H groups in total. The van der Waals surface area contributed by atoms with Crippen LogP contribution in [0.2, 0.25) is 0 Å². The molecule has 0 aliphatic heterocycles. The third kappa shape index (κ3) is 17.9. The predicted octanol–water partition coefficient (Wildman–Crippen LogP) is 14.4. The molecule has 0 bridgehead atoms. The van der Waals surface area contributed by atoms with Crippen LogP contribution in [-0.4, -0.2) is 142 Å². The number of H-pyrrole nitrogens is 4. The molecule has 0 unspecified atom stereocenters. The molecule has 25 nitrogen and oxygen atoms in total. The molecule has 526 valence electrons. The number of fused-ring (bicyclic) bond motifs is 4. The number of pyridine rings is 4. The minimum Gasteiger partial charge on any atom is -0.508 e. The van der Waals surface area contributed by atoms with Crippen molar-refractivity contribution >= 4 is 79.3 Å². The molecule has 2 aromatic carbocycles. The number of nitrogens with zero attached hydrogens (tertiary/aromatic N) is 12. The summed E-state index contributed by atoms with van der Waals surface area (Å²) in [4.78, 5) is 66.2. The van der Waals surface area contributed by atoms with E-state index in [1.54, 1.807) is 61.6 Å². The van der Waals surface area contributed by atoms with Crippen LogP contribution >= 0.6 is 0 Å². The summed E-state index contributed by atoms with van der Waals surface area (Å²) >= 11 is 0. The van der Waals surface area contributed by atoms with E-state index in [9.17, 15) is 5.11 Å². The van der Waals surface area contributed by atoms with Gasteiger partial charge >= 0.3 is 0 Å². The van der Waals surface area contributed by atoms with E-state index in [2.05, 4.69) is 108 Å². The van der Waals surface area contributed by atoms with E-state index in [1.165, 1.54) is 32.1 Å². The Bertz CT molecular complexity index is 5060. The number of ether oxygens (including phenoxy) is 1. The number of aliphatic hydroxyl groups is 1. The van der Waals surface area contributed by atoms with Gasteiger partial charge in [0.15, 0.2) is 0 Å². The number of aryl methyl sites for hydroxylation is 2. The van der Waals surface area contributed by atoms with Crippen LogP contribution in [-0.2, 0) is 0 Å². The number of phenols is 1. The minimum atomic E-state index is 0.235. The van der Waals surface area contributed by atoms with Gasteiger partial charge in [-0.25, -0.2) is 59.8 Å². The molecule has 12 aromatic heterocycles. The summed E-state index contributed by atoms with van der Waals surface area (Å²) in [7, 11) is 3.93. The van der Waals surface area contributed by atoms with Crippen LogP contribution in [0.4, 0.5) is 35.2 Å². The maximum atomic E-state index is 9.50. The number of phenolic OH excluding ortho intramolecular Hbond substituents is 1. The Morgan fingerprint density at radius 3 is 1.18 bits per heavy atom. The van der Waals surface area contributed by atoms with Gasteiger partial charge in [0.1, 0.15) is 40.7 Å². The van der Waals surface area contributed by atoms with E-state index in [0.29, 0.717) is 49.1 Å². The van der Waals surface area contributed by atoms with Gasteiger partial charge in [-0.05, 0) is 231 Å². The molecule has 25 heteroatoms. The lowest BCUT2D eigenvalue weighted by atomic mass is 9.84. The lowest BCUT2D eigenvalue weighted by molar-refractivity contribution is 0.225. The van der Waals surface area contributed by atoms with E-state index in [-0.39, 0.29) is 5.75 Å². The fourth-order valence-corrected chi connectivity index (χ4v) is 13.2. The maximum absolute atomic E-state index is 9.50. The molecule has 2 aliphatic carbocycles. The molecular formula is C78H86N22O3. The second kappa shape index (κ2) is 34.0. The second-order valence-corrected chi connectivity index (χ2v) is 25.8. The van der Waals surface area contributed by atoms with Crippen molar-refractivity contribution < 1.29 is 14.9 Å². The van der Waals surface area contributed by atoms with Crippen molar-refractivity contribution in [2.45, 2.75) is 90.1 Å². The summed E-state index contributed by atoms with van der Waals surface area (Å²) in [6, 6.07) is 35.4. The van der Waals surface area contributed by atoms with Crippen LogP contribution in [0.25, 0.3) is 89.2 Å². The molecule has 103 heavy (non-hydrogen) atoms. The van der Waals surface area contributed by atoms with Crippen molar-refractivity contribution in [2.75, 3.05) is 61.7 Å². The summed E-state index contributed by atoms with van der Waals surface area (Å²) in [6.07, 6.45) is 33.6. The predicted molar refractivity (Wildman–Crippen MR) is 407 cm³/mol. The van der Waals surface area contributed by atoms with E-state index < -0.39 is 0 Å². The number of likely N-dealkylation sites (N-methyl/N-ethyl adjacent to an activating group) is 1. The lowest BCUT2D eigenvalue weighted by Gasteiger charge is -2.29. The van der Waals surface area contributed by atoms with Gasteiger partial charge in [-0.15, -0.1) is 0 Å². The van der Waals surface area contributed by atoms with Crippen molar-refractivity contribution in [3.63, 3.8) is 0 Å². The molecule has 2 fully saturated rings. The van der Waals surface area contributed by atoms with Gasteiger partial charge < -0.3 is 66.8 Å². The van der Waals surface area contributed by atoms with Crippen LogP contribution in [0.3, 0.4) is 0 Å². The van der Waals surface area contributed by atoms with Gasteiger partial charge in [-0.1, -0.05) is 0 Å². The molecule has 2 aliphatic rings. The zero-order valence-electron chi connectivity index (χ0n) is 58.2. The van der Waals surface area contributed by atoms with Gasteiger partial charge in [0, 0.05) is 155 Å². The van der Waals surface area contributed by atoms with Crippen molar-refractivity contribution in [3.05, 3.63) is 195 Å². The highest BCUT2D eigenvalue weighted by atomic mass is 16.5. The number of aromatic hydroxyl groups is 1. The first kappa shape index (κ1) is 69.7. The van der Waals surface area contributed by atoms with Crippen LogP contribution < -0.4 is 36.6 Å². The van der Waals surface area contributed by atoms with Crippen molar-refractivity contribution in [2.24, 2.45) is 11.8 Å². The Balaban J connectivity index is 0.000000122. The molecule has 2 saturated carbocycles. The van der Waals surface area contributed by atoms with Crippen LogP contribution in [0.1, 0.15) is 75.3 Å². The number of hydrogen-bond acceptors (Lipinski definition) is 21. The second-order valence-electron chi connectivity index (χ2n) is 25.8. The molecule has 0 amide bonds. The topological polar surface area (TPSA) is 340 Å². The van der Waals surface area contributed by atoms with E-state index in [0.717, 1.165) is 174 Å². The van der Waals surface area contributed by atoms with Crippen LogP contribution in [0.15, 0.2) is 184 Å². The monoisotopic (exact) mass is 1380 g/mol. The number of anilines is 6. The average molecular weight is 1380 g/mol. The SMILES string of the molecule is CNCCC1CCC(Nc2nccc(-c3c[nH]c4ncccc34)n2)CC1.CNCCOc1ccc(Nc2nccc(-c3c[nH]c4ncccc34)n2)c(C)c1.Cc1cc(O)ccc1Nc1nccc(-c2c[nH]c3ncccc23)n1.OCCC1CCC(Nc2nccc(-c3c[nH]c4ncccc34)n2)CC1. The number of aromatic nitrogens is 16. The van der Waals surface area contributed by atoms with Gasteiger partial charge in [0.2, 0.25) is 23.8 Å². The van der Waals surface area contributed by atoms with Gasteiger partial charge in [-0.3, -0.25) is 0 Å². The molecule has 14 aromatic rings. The van der Waals surface area contributed by atoms with Gasteiger partial charge in [0.25, 0.3) is 0 Å². The van der Waals surface area contributed by atoms with E-state index >= 15 is 0 Å². The highest BCUT2D eigenvalue weighted by Gasteiger charge is 2.24. The first-order valence-electron chi connectivity index (χ1n) is 35.1. The third-order valence-electron chi connectivity index (χ3n) is 18.8. The number of hydrogen-bond donors (Lipinski definition) is 12. The lowest BCUT2D eigenvalue weighted by Crippen LogP contribution is -2.28. The van der Waals surface area contributed by atoms with Crippen molar-refractivity contribution in [1.29, 1.82) is 0 Å². The number of aromatic amines is 4. The first-order valence-corrected chi connectivity index (χ1v) is 35.1. The number of nitrogens with one attached hydrogen (secondary N) is 10. The Morgan fingerprint density at radius 2 is 0.796 bits per heavy atom.